The highest BCUT2D eigenvalue weighted by atomic mass is 16.1. The van der Waals surface area contributed by atoms with Crippen molar-refractivity contribution in [1.82, 2.24) is 20.2 Å². The normalized spacial score (nSPS) is 10.2. The van der Waals surface area contributed by atoms with Crippen molar-refractivity contribution in [3.05, 3.63) is 65.2 Å². The van der Waals surface area contributed by atoms with E-state index < -0.39 is 5.91 Å². The first kappa shape index (κ1) is 14.4. The highest BCUT2D eigenvalue weighted by Gasteiger charge is 2.08. The molecule has 0 spiro atoms. The van der Waals surface area contributed by atoms with Crippen molar-refractivity contribution >= 4 is 5.91 Å². The van der Waals surface area contributed by atoms with Crippen molar-refractivity contribution in [2.75, 3.05) is 0 Å². The largest absolute Gasteiger partial charge is 0.366 e. The lowest BCUT2D eigenvalue weighted by Gasteiger charge is -2.00. The van der Waals surface area contributed by atoms with Gasteiger partial charge in [0.25, 0.3) is 0 Å². The monoisotopic (exact) mass is 304 g/mol. The minimum atomic E-state index is -0.481. The van der Waals surface area contributed by atoms with Crippen molar-refractivity contribution in [3.63, 3.8) is 0 Å². The number of benzene rings is 2. The summed E-state index contributed by atoms with van der Waals surface area (Å²) in [5, 5.41) is 21.2. The number of amides is 1. The molecule has 0 aliphatic heterocycles. The number of carbonyl (C=O) groups excluding carboxylic acids is 1. The molecular weight excluding hydrogens is 292 g/mol. The smallest absolute Gasteiger partial charge is 0.248 e. The molecular formula is C16H12N6O. The maximum absolute atomic E-state index is 11.1. The summed E-state index contributed by atoms with van der Waals surface area (Å²) in [5.41, 5.74) is 7.88. The van der Waals surface area contributed by atoms with Crippen molar-refractivity contribution in [3.8, 4) is 17.5 Å². The molecule has 0 aliphatic rings. The first-order chi connectivity index (χ1) is 11.2. The van der Waals surface area contributed by atoms with Crippen molar-refractivity contribution in [1.29, 1.82) is 5.26 Å². The Labute approximate surface area is 132 Å². The number of hydrogen-bond acceptors (Lipinski definition) is 5. The van der Waals surface area contributed by atoms with Gasteiger partial charge in [0.15, 0.2) is 0 Å². The summed E-state index contributed by atoms with van der Waals surface area (Å²) in [4.78, 5) is 12.5. The van der Waals surface area contributed by atoms with Gasteiger partial charge in [-0.05, 0) is 35.0 Å². The van der Waals surface area contributed by atoms with Gasteiger partial charge in [-0.1, -0.05) is 24.3 Å². The van der Waals surface area contributed by atoms with E-state index in [2.05, 4.69) is 21.5 Å². The van der Waals surface area contributed by atoms with Crippen LogP contribution in [0.25, 0.3) is 11.4 Å². The van der Waals surface area contributed by atoms with E-state index in [0.29, 0.717) is 23.5 Å². The zero-order chi connectivity index (χ0) is 16.2. The Hall–Kier alpha value is -3.53. The Morgan fingerprint density at radius 3 is 2.70 bits per heavy atom. The highest BCUT2D eigenvalue weighted by Crippen LogP contribution is 2.14. The van der Waals surface area contributed by atoms with Crippen LogP contribution in [0.15, 0.2) is 48.5 Å². The molecule has 0 atom stereocenters. The van der Waals surface area contributed by atoms with Crippen LogP contribution < -0.4 is 5.73 Å². The van der Waals surface area contributed by atoms with Crippen LogP contribution in [-0.2, 0) is 6.54 Å². The van der Waals surface area contributed by atoms with Crippen LogP contribution in [0.5, 0.6) is 0 Å². The molecule has 0 fully saturated rings. The molecule has 0 radical (unpaired) electrons. The van der Waals surface area contributed by atoms with Crippen LogP contribution in [0.1, 0.15) is 21.5 Å². The van der Waals surface area contributed by atoms with E-state index in [-0.39, 0.29) is 0 Å². The van der Waals surface area contributed by atoms with Gasteiger partial charge in [-0.15, -0.1) is 10.2 Å². The van der Waals surface area contributed by atoms with Crippen LogP contribution in [0.2, 0.25) is 0 Å². The van der Waals surface area contributed by atoms with Gasteiger partial charge in [0.2, 0.25) is 11.7 Å². The number of carbonyl (C=O) groups is 1. The number of aromatic nitrogens is 4. The predicted molar refractivity (Wildman–Crippen MR) is 82.0 cm³/mol. The van der Waals surface area contributed by atoms with Gasteiger partial charge in [0.05, 0.1) is 18.2 Å². The van der Waals surface area contributed by atoms with Crippen LogP contribution in [0.4, 0.5) is 0 Å². The topological polar surface area (TPSA) is 110 Å². The molecule has 3 aromatic rings. The highest BCUT2D eigenvalue weighted by molar-refractivity contribution is 5.93. The van der Waals surface area contributed by atoms with Gasteiger partial charge in [0, 0.05) is 11.1 Å². The summed E-state index contributed by atoms with van der Waals surface area (Å²) in [6, 6.07) is 16.0. The molecule has 7 nitrogen and oxygen atoms in total. The molecule has 7 heteroatoms. The molecule has 2 aromatic carbocycles. The van der Waals surface area contributed by atoms with E-state index in [1.807, 2.05) is 12.1 Å². The number of nitriles is 1. The number of tetrazole rings is 1. The van der Waals surface area contributed by atoms with Crippen molar-refractivity contribution in [2.24, 2.45) is 5.73 Å². The molecule has 0 saturated carbocycles. The molecule has 0 unspecified atom stereocenters. The lowest BCUT2D eigenvalue weighted by atomic mass is 10.1. The van der Waals surface area contributed by atoms with Gasteiger partial charge in [-0.3, -0.25) is 4.79 Å². The molecule has 0 aliphatic carbocycles. The maximum atomic E-state index is 11.1. The average molecular weight is 304 g/mol. The fourth-order valence-electron chi connectivity index (χ4n) is 2.11. The minimum Gasteiger partial charge on any atom is -0.366 e. The van der Waals surface area contributed by atoms with Crippen LogP contribution in [-0.4, -0.2) is 26.1 Å². The Balaban J connectivity index is 1.80. The second-order valence-corrected chi connectivity index (χ2v) is 4.90. The van der Waals surface area contributed by atoms with Gasteiger partial charge in [0.1, 0.15) is 0 Å². The standard InChI is InChI=1S/C16H12N6O/c17-9-11-2-1-3-12(8-11)10-22-20-16(19-21-22)14-6-4-13(5-7-14)15(18)23/h1-8H,10H2,(H2,18,23). The van der Waals surface area contributed by atoms with Gasteiger partial charge in [-0.2, -0.15) is 10.1 Å². The lowest BCUT2D eigenvalue weighted by molar-refractivity contribution is 0.100. The Morgan fingerprint density at radius 1 is 1.22 bits per heavy atom. The number of hydrogen-bond donors (Lipinski definition) is 1. The summed E-state index contributed by atoms with van der Waals surface area (Å²) in [5.74, 6) is -0.0250. The Bertz CT molecular complexity index is 891. The number of primary amides is 1. The zero-order valence-corrected chi connectivity index (χ0v) is 12.0. The first-order valence-corrected chi connectivity index (χ1v) is 6.83. The summed E-state index contributed by atoms with van der Waals surface area (Å²) in [6.45, 7) is 0.419. The minimum absolute atomic E-state index is 0.419. The van der Waals surface area contributed by atoms with E-state index in [4.69, 9.17) is 11.0 Å². The van der Waals surface area contributed by atoms with Gasteiger partial charge in [-0.25, -0.2) is 0 Å². The Morgan fingerprint density at radius 2 is 2.00 bits per heavy atom. The second kappa shape index (κ2) is 6.07. The second-order valence-electron chi connectivity index (χ2n) is 4.90. The summed E-state index contributed by atoms with van der Waals surface area (Å²) in [7, 11) is 0. The van der Waals surface area contributed by atoms with Gasteiger partial charge < -0.3 is 5.73 Å². The lowest BCUT2D eigenvalue weighted by Crippen LogP contribution is -2.10. The zero-order valence-electron chi connectivity index (χ0n) is 12.0. The fraction of sp³-hybridized carbons (Fsp3) is 0.0625. The Kier molecular flexibility index (Phi) is 3.80. The number of nitrogens with two attached hydrogens (primary N) is 1. The molecule has 1 aromatic heterocycles. The van der Waals surface area contributed by atoms with E-state index in [1.54, 1.807) is 36.4 Å². The third-order valence-corrected chi connectivity index (χ3v) is 3.26. The van der Waals surface area contributed by atoms with E-state index >= 15 is 0 Å². The SMILES string of the molecule is N#Cc1cccc(Cn2nnc(-c3ccc(C(N)=O)cc3)n2)c1. The predicted octanol–water partition coefficient (Wildman–Crippen LogP) is 1.36. The molecule has 3 rings (SSSR count). The average Bonchev–Trinajstić information content (AvgIpc) is 3.03. The third-order valence-electron chi connectivity index (χ3n) is 3.26. The first-order valence-electron chi connectivity index (χ1n) is 6.83. The van der Waals surface area contributed by atoms with E-state index in [1.165, 1.54) is 4.80 Å². The van der Waals surface area contributed by atoms with Crippen LogP contribution >= 0.6 is 0 Å². The maximum Gasteiger partial charge on any atom is 0.248 e. The van der Waals surface area contributed by atoms with E-state index in [9.17, 15) is 4.79 Å². The van der Waals surface area contributed by atoms with E-state index in [0.717, 1.165) is 11.1 Å². The molecule has 112 valence electrons. The molecule has 23 heavy (non-hydrogen) atoms. The number of rotatable bonds is 4. The quantitative estimate of drug-likeness (QED) is 0.782. The summed E-state index contributed by atoms with van der Waals surface area (Å²) < 4.78 is 0. The molecule has 1 amide bonds. The van der Waals surface area contributed by atoms with Crippen LogP contribution in [0.3, 0.4) is 0 Å². The van der Waals surface area contributed by atoms with Crippen molar-refractivity contribution in [2.45, 2.75) is 6.54 Å². The molecule has 1 heterocycles. The molecule has 0 saturated heterocycles. The van der Waals surface area contributed by atoms with Crippen molar-refractivity contribution < 1.29 is 4.79 Å². The van der Waals surface area contributed by atoms with Crippen LogP contribution in [0, 0.1) is 11.3 Å². The molecule has 2 N–H and O–H groups in total. The summed E-state index contributed by atoms with van der Waals surface area (Å²) >= 11 is 0. The summed E-state index contributed by atoms with van der Waals surface area (Å²) in [6.07, 6.45) is 0. The number of nitrogens with zero attached hydrogens (tertiary/aromatic N) is 5. The third kappa shape index (κ3) is 3.22. The fourth-order valence-corrected chi connectivity index (χ4v) is 2.11. The van der Waals surface area contributed by atoms with Gasteiger partial charge >= 0.3 is 0 Å². The molecule has 0 bridgehead atoms.